The third-order valence-electron chi connectivity index (χ3n) is 4.18. The number of furan rings is 2. The number of benzene rings is 1. The third kappa shape index (κ3) is 3.91. The molecular formula is C19H20N2O4. The molecule has 1 aromatic carbocycles. The first kappa shape index (κ1) is 16.8. The first-order valence-corrected chi connectivity index (χ1v) is 8.06. The minimum atomic E-state index is -0.270. The Bertz CT molecular complexity index is 894. The highest BCUT2D eigenvalue weighted by molar-refractivity contribution is 5.91. The van der Waals surface area contributed by atoms with E-state index in [4.69, 9.17) is 8.83 Å². The van der Waals surface area contributed by atoms with Crippen LogP contribution in [0.5, 0.6) is 0 Å². The minimum absolute atomic E-state index is 0.0759. The monoisotopic (exact) mass is 340 g/mol. The van der Waals surface area contributed by atoms with Crippen LogP contribution in [0.15, 0.2) is 45.6 Å². The fraction of sp³-hybridized carbons (Fsp3) is 0.263. The van der Waals surface area contributed by atoms with Crippen molar-refractivity contribution in [2.24, 2.45) is 0 Å². The number of carbonyl (C=O) groups excluding carboxylic acids is 2. The molecule has 6 nitrogen and oxygen atoms in total. The zero-order valence-electron chi connectivity index (χ0n) is 14.2. The number of hydrogen-bond acceptors (Lipinski definition) is 4. The first-order chi connectivity index (χ1) is 12.0. The van der Waals surface area contributed by atoms with E-state index in [0.29, 0.717) is 12.3 Å². The number of fused-ring (bicyclic) bond motifs is 1. The Morgan fingerprint density at radius 1 is 1.04 bits per heavy atom. The minimum Gasteiger partial charge on any atom is -0.467 e. The van der Waals surface area contributed by atoms with Crippen LogP contribution in [0.2, 0.25) is 0 Å². The molecule has 0 aliphatic carbocycles. The number of rotatable bonds is 6. The molecule has 0 bridgehead atoms. The number of carbonyl (C=O) groups is 2. The molecule has 0 radical (unpaired) electrons. The lowest BCUT2D eigenvalue weighted by molar-refractivity contribution is -0.125. The normalized spacial score (nSPS) is 10.8. The number of hydrogen-bond donors (Lipinski definition) is 2. The predicted octanol–water partition coefficient (Wildman–Crippen LogP) is 2.62. The van der Waals surface area contributed by atoms with Crippen LogP contribution in [0, 0.1) is 13.8 Å². The summed E-state index contributed by atoms with van der Waals surface area (Å²) in [5.41, 5.74) is 3.83. The van der Waals surface area contributed by atoms with Crippen molar-refractivity contribution in [3.05, 3.63) is 59.2 Å². The van der Waals surface area contributed by atoms with Crippen molar-refractivity contribution in [3.63, 3.8) is 0 Å². The molecule has 2 heterocycles. The van der Waals surface area contributed by atoms with Crippen LogP contribution < -0.4 is 10.6 Å². The van der Waals surface area contributed by atoms with Crippen LogP contribution >= 0.6 is 0 Å². The molecule has 0 saturated carbocycles. The summed E-state index contributed by atoms with van der Waals surface area (Å²) in [6.07, 6.45) is 3.32. The van der Waals surface area contributed by atoms with E-state index in [1.165, 1.54) is 0 Å². The van der Waals surface area contributed by atoms with Crippen LogP contribution in [0.4, 0.5) is 0 Å². The summed E-state index contributed by atoms with van der Waals surface area (Å²) in [6.45, 7) is 4.24. The van der Waals surface area contributed by atoms with E-state index >= 15 is 0 Å². The summed E-state index contributed by atoms with van der Waals surface area (Å²) >= 11 is 0. The van der Waals surface area contributed by atoms with Gasteiger partial charge in [0.25, 0.3) is 0 Å². The molecule has 0 aliphatic rings. The average molecular weight is 340 g/mol. The summed E-state index contributed by atoms with van der Waals surface area (Å²) in [4.78, 5) is 23.8. The maximum atomic E-state index is 12.1. The van der Waals surface area contributed by atoms with Crippen molar-refractivity contribution in [3.8, 4) is 0 Å². The van der Waals surface area contributed by atoms with Crippen molar-refractivity contribution in [2.45, 2.75) is 26.8 Å². The van der Waals surface area contributed by atoms with Gasteiger partial charge in [-0.2, -0.15) is 0 Å². The molecule has 0 atom stereocenters. The smallest absolute Gasteiger partial charge is 0.239 e. The van der Waals surface area contributed by atoms with Gasteiger partial charge in [0.15, 0.2) is 0 Å². The molecule has 0 saturated heterocycles. The number of nitrogens with one attached hydrogen (secondary N) is 2. The van der Waals surface area contributed by atoms with Crippen LogP contribution in [0.1, 0.15) is 22.5 Å². The Hall–Kier alpha value is -3.02. The summed E-state index contributed by atoms with van der Waals surface area (Å²) in [6, 6.07) is 7.49. The van der Waals surface area contributed by atoms with Gasteiger partial charge in [-0.15, -0.1) is 0 Å². The molecule has 0 unspecified atom stereocenters. The Morgan fingerprint density at radius 3 is 2.64 bits per heavy atom. The second-order valence-electron chi connectivity index (χ2n) is 5.95. The standard InChI is InChI=1S/C19H20N2O4/c1-12-5-6-16-14(11-25-19(16)13(12)2)8-17(22)21-10-18(23)20-9-15-4-3-7-24-15/h3-7,11H,8-10H2,1-2H3,(H,20,23)(H,21,22). The van der Waals surface area contributed by atoms with Gasteiger partial charge in [0.2, 0.25) is 11.8 Å². The van der Waals surface area contributed by atoms with Crippen molar-refractivity contribution in [1.82, 2.24) is 10.6 Å². The maximum absolute atomic E-state index is 12.1. The molecule has 2 amide bonds. The van der Waals surface area contributed by atoms with Gasteiger partial charge in [-0.1, -0.05) is 12.1 Å². The van der Waals surface area contributed by atoms with E-state index in [1.54, 1.807) is 24.7 Å². The lowest BCUT2D eigenvalue weighted by Crippen LogP contribution is -2.37. The van der Waals surface area contributed by atoms with Crippen molar-refractivity contribution in [1.29, 1.82) is 0 Å². The average Bonchev–Trinajstić information content (AvgIpc) is 3.25. The largest absolute Gasteiger partial charge is 0.467 e. The lowest BCUT2D eigenvalue weighted by Gasteiger charge is -2.06. The van der Waals surface area contributed by atoms with E-state index in [0.717, 1.165) is 27.7 Å². The second-order valence-corrected chi connectivity index (χ2v) is 5.95. The fourth-order valence-electron chi connectivity index (χ4n) is 2.60. The van der Waals surface area contributed by atoms with Crippen molar-refractivity contribution in [2.75, 3.05) is 6.54 Å². The molecule has 25 heavy (non-hydrogen) atoms. The molecule has 0 spiro atoms. The Labute approximate surface area is 145 Å². The van der Waals surface area contributed by atoms with Crippen LogP contribution in [-0.2, 0) is 22.6 Å². The van der Waals surface area contributed by atoms with Crippen LogP contribution in [0.25, 0.3) is 11.0 Å². The molecule has 130 valence electrons. The fourth-order valence-corrected chi connectivity index (χ4v) is 2.60. The van der Waals surface area contributed by atoms with Gasteiger partial charge in [-0.25, -0.2) is 0 Å². The summed E-state index contributed by atoms with van der Waals surface area (Å²) in [5, 5.41) is 6.23. The molecule has 0 fully saturated rings. The Morgan fingerprint density at radius 2 is 1.88 bits per heavy atom. The molecule has 2 aromatic heterocycles. The van der Waals surface area contributed by atoms with E-state index in [1.807, 2.05) is 26.0 Å². The highest BCUT2D eigenvalue weighted by Gasteiger charge is 2.13. The van der Waals surface area contributed by atoms with Gasteiger partial charge in [0.1, 0.15) is 11.3 Å². The maximum Gasteiger partial charge on any atom is 0.239 e. The van der Waals surface area contributed by atoms with Gasteiger partial charge in [-0.05, 0) is 37.1 Å². The molecule has 0 aliphatic heterocycles. The Kier molecular flexibility index (Phi) is 4.88. The summed E-state index contributed by atoms with van der Waals surface area (Å²) < 4.78 is 10.7. The molecule has 2 N–H and O–H groups in total. The highest BCUT2D eigenvalue weighted by Crippen LogP contribution is 2.26. The van der Waals surface area contributed by atoms with Gasteiger partial charge in [0.05, 0.1) is 32.0 Å². The topological polar surface area (TPSA) is 84.5 Å². The van der Waals surface area contributed by atoms with Gasteiger partial charge in [0, 0.05) is 10.9 Å². The zero-order valence-corrected chi connectivity index (χ0v) is 14.2. The van der Waals surface area contributed by atoms with E-state index in [2.05, 4.69) is 10.6 Å². The van der Waals surface area contributed by atoms with Crippen LogP contribution in [0.3, 0.4) is 0 Å². The van der Waals surface area contributed by atoms with E-state index in [-0.39, 0.29) is 24.8 Å². The lowest BCUT2D eigenvalue weighted by atomic mass is 10.0. The van der Waals surface area contributed by atoms with Crippen LogP contribution in [-0.4, -0.2) is 18.4 Å². The second kappa shape index (κ2) is 7.25. The van der Waals surface area contributed by atoms with Crippen molar-refractivity contribution >= 4 is 22.8 Å². The van der Waals surface area contributed by atoms with E-state index < -0.39 is 0 Å². The predicted molar refractivity (Wildman–Crippen MR) is 93.0 cm³/mol. The third-order valence-corrected chi connectivity index (χ3v) is 4.18. The first-order valence-electron chi connectivity index (χ1n) is 8.06. The Balaban J connectivity index is 1.52. The molecule has 6 heteroatoms. The highest BCUT2D eigenvalue weighted by atomic mass is 16.3. The molecular weight excluding hydrogens is 320 g/mol. The van der Waals surface area contributed by atoms with E-state index in [9.17, 15) is 9.59 Å². The molecule has 3 rings (SSSR count). The quantitative estimate of drug-likeness (QED) is 0.722. The van der Waals surface area contributed by atoms with Gasteiger partial charge >= 0.3 is 0 Å². The van der Waals surface area contributed by atoms with Gasteiger partial charge in [-0.3, -0.25) is 9.59 Å². The SMILES string of the molecule is Cc1ccc2c(CC(=O)NCC(=O)NCc3ccco3)coc2c1C. The number of aryl methyl sites for hydroxylation is 2. The van der Waals surface area contributed by atoms with Gasteiger partial charge < -0.3 is 19.5 Å². The zero-order chi connectivity index (χ0) is 17.8. The van der Waals surface area contributed by atoms with Crippen molar-refractivity contribution < 1.29 is 18.4 Å². The number of amides is 2. The summed E-state index contributed by atoms with van der Waals surface area (Å²) in [5.74, 6) is 0.164. The molecule has 3 aromatic rings. The summed E-state index contributed by atoms with van der Waals surface area (Å²) in [7, 11) is 0.